The van der Waals surface area contributed by atoms with Crippen LogP contribution in [0.4, 0.5) is 5.95 Å². The number of aliphatic hydroxyl groups is 1. The first-order valence-electron chi connectivity index (χ1n) is 6.65. The fourth-order valence-corrected chi connectivity index (χ4v) is 2.26. The van der Waals surface area contributed by atoms with Crippen LogP contribution in [0.3, 0.4) is 0 Å². The maximum Gasteiger partial charge on any atom is 0.354 e. The van der Waals surface area contributed by atoms with Gasteiger partial charge in [0.1, 0.15) is 12.4 Å². The second-order valence-corrected chi connectivity index (χ2v) is 4.80. The van der Waals surface area contributed by atoms with Crippen molar-refractivity contribution in [1.29, 1.82) is 0 Å². The van der Waals surface area contributed by atoms with Crippen molar-refractivity contribution in [3.63, 3.8) is 0 Å². The summed E-state index contributed by atoms with van der Waals surface area (Å²) < 4.78 is 16.6. The minimum atomic E-state index is -1.17. The Morgan fingerprint density at radius 3 is 2.48 bits per heavy atom. The van der Waals surface area contributed by atoms with Gasteiger partial charge < -0.3 is 25.1 Å². The highest BCUT2D eigenvalue weighted by atomic mass is 16.6. The van der Waals surface area contributed by atoms with Crippen LogP contribution in [0.1, 0.15) is 20.1 Å². The normalized spacial score (nSPS) is 26.7. The molecule has 1 aliphatic rings. The van der Waals surface area contributed by atoms with Gasteiger partial charge in [-0.05, 0) is 0 Å². The Labute approximate surface area is 130 Å². The number of nitrogens with zero attached hydrogens (tertiary/aromatic N) is 3. The number of esters is 2. The molecular formula is C12H16N4O7. The van der Waals surface area contributed by atoms with Gasteiger partial charge in [-0.3, -0.25) is 14.2 Å². The molecule has 0 amide bonds. The summed E-state index contributed by atoms with van der Waals surface area (Å²) in [6.07, 6.45) is -3.34. The number of aromatic nitrogens is 3. The fraction of sp³-hybridized carbons (Fsp3) is 0.583. The predicted octanol–water partition coefficient (Wildman–Crippen LogP) is -2.03. The molecule has 0 aromatic carbocycles. The SMILES string of the molecule is CC(=O)OC1[C@@H](CO)O[C@@H](n2cnc(N)nc2=O)[C@H]1OC(C)=O. The zero-order valence-electron chi connectivity index (χ0n) is 12.4. The van der Waals surface area contributed by atoms with E-state index in [-0.39, 0.29) is 5.95 Å². The number of anilines is 1. The molecule has 1 fully saturated rings. The Balaban J connectivity index is 2.41. The van der Waals surface area contributed by atoms with Crippen LogP contribution in [0, 0.1) is 0 Å². The lowest BCUT2D eigenvalue weighted by Gasteiger charge is -2.23. The van der Waals surface area contributed by atoms with Gasteiger partial charge >= 0.3 is 17.6 Å². The van der Waals surface area contributed by atoms with Gasteiger partial charge in [-0.1, -0.05) is 0 Å². The van der Waals surface area contributed by atoms with Crippen molar-refractivity contribution in [2.75, 3.05) is 12.3 Å². The van der Waals surface area contributed by atoms with Gasteiger partial charge in [0.25, 0.3) is 0 Å². The smallest absolute Gasteiger partial charge is 0.354 e. The quantitative estimate of drug-likeness (QED) is 0.591. The first kappa shape index (κ1) is 16.8. The molecular weight excluding hydrogens is 312 g/mol. The summed E-state index contributed by atoms with van der Waals surface area (Å²) in [5, 5.41) is 9.38. The van der Waals surface area contributed by atoms with Crippen LogP contribution >= 0.6 is 0 Å². The molecule has 0 spiro atoms. The van der Waals surface area contributed by atoms with Crippen molar-refractivity contribution in [3.8, 4) is 0 Å². The summed E-state index contributed by atoms with van der Waals surface area (Å²) in [5.74, 6) is -1.57. The molecule has 23 heavy (non-hydrogen) atoms. The lowest BCUT2D eigenvalue weighted by atomic mass is 10.1. The zero-order chi connectivity index (χ0) is 17.1. The predicted molar refractivity (Wildman–Crippen MR) is 72.8 cm³/mol. The van der Waals surface area contributed by atoms with Crippen molar-refractivity contribution in [3.05, 3.63) is 16.8 Å². The lowest BCUT2D eigenvalue weighted by molar-refractivity contribution is -0.165. The Morgan fingerprint density at radius 2 is 1.96 bits per heavy atom. The van der Waals surface area contributed by atoms with Crippen molar-refractivity contribution in [2.24, 2.45) is 0 Å². The van der Waals surface area contributed by atoms with Crippen molar-refractivity contribution < 1.29 is 28.9 Å². The summed E-state index contributed by atoms with van der Waals surface area (Å²) in [7, 11) is 0. The van der Waals surface area contributed by atoms with Crippen molar-refractivity contribution >= 4 is 17.9 Å². The summed E-state index contributed by atoms with van der Waals surface area (Å²) in [6.45, 7) is 1.79. The lowest BCUT2D eigenvalue weighted by Crippen LogP contribution is -2.41. The zero-order valence-corrected chi connectivity index (χ0v) is 12.4. The third-order valence-electron chi connectivity index (χ3n) is 3.09. The van der Waals surface area contributed by atoms with E-state index in [1.165, 1.54) is 0 Å². The Hall–Kier alpha value is -2.53. The third-order valence-corrected chi connectivity index (χ3v) is 3.09. The number of hydrogen-bond acceptors (Lipinski definition) is 10. The van der Waals surface area contributed by atoms with Crippen LogP contribution in [0.2, 0.25) is 0 Å². The molecule has 1 saturated heterocycles. The number of nitrogens with two attached hydrogens (primary N) is 1. The van der Waals surface area contributed by atoms with Gasteiger partial charge in [0, 0.05) is 13.8 Å². The minimum absolute atomic E-state index is 0.233. The molecule has 11 heteroatoms. The Kier molecular flexibility index (Phi) is 4.91. The van der Waals surface area contributed by atoms with Crippen LogP contribution in [0.5, 0.6) is 0 Å². The Bertz CT molecular complexity index is 661. The molecule has 1 unspecified atom stereocenters. The first-order valence-corrected chi connectivity index (χ1v) is 6.65. The molecule has 126 valence electrons. The second kappa shape index (κ2) is 6.71. The highest BCUT2D eigenvalue weighted by Crippen LogP contribution is 2.33. The third kappa shape index (κ3) is 3.63. The topological polar surface area (TPSA) is 156 Å². The van der Waals surface area contributed by atoms with E-state index in [4.69, 9.17) is 19.9 Å². The van der Waals surface area contributed by atoms with E-state index >= 15 is 0 Å². The summed E-state index contributed by atoms with van der Waals surface area (Å²) in [4.78, 5) is 41.6. The number of ether oxygens (including phenoxy) is 3. The van der Waals surface area contributed by atoms with E-state index in [1.54, 1.807) is 0 Å². The molecule has 1 aromatic rings. The van der Waals surface area contributed by atoms with Gasteiger partial charge in [0.2, 0.25) is 5.95 Å². The highest BCUT2D eigenvalue weighted by Gasteiger charge is 2.50. The molecule has 11 nitrogen and oxygen atoms in total. The molecule has 2 rings (SSSR count). The molecule has 0 bridgehead atoms. The van der Waals surface area contributed by atoms with Gasteiger partial charge in [-0.25, -0.2) is 9.78 Å². The highest BCUT2D eigenvalue weighted by molar-refractivity contribution is 5.67. The van der Waals surface area contributed by atoms with E-state index in [0.29, 0.717) is 0 Å². The maximum atomic E-state index is 11.9. The molecule has 1 aromatic heterocycles. The average molecular weight is 328 g/mol. The van der Waals surface area contributed by atoms with Gasteiger partial charge in [-0.15, -0.1) is 0 Å². The van der Waals surface area contributed by atoms with E-state index in [2.05, 4.69) is 9.97 Å². The largest absolute Gasteiger partial charge is 0.456 e. The van der Waals surface area contributed by atoms with Crippen molar-refractivity contribution in [1.82, 2.24) is 14.5 Å². The monoisotopic (exact) mass is 328 g/mol. The van der Waals surface area contributed by atoms with Crippen LogP contribution in [0.15, 0.2) is 11.1 Å². The van der Waals surface area contributed by atoms with Crippen LogP contribution < -0.4 is 11.4 Å². The molecule has 0 saturated carbocycles. The fourth-order valence-electron chi connectivity index (χ4n) is 2.26. The van der Waals surface area contributed by atoms with Crippen LogP contribution in [-0.2, 0) is 23.8 Å². The van der Waals surface area contributed by atoms with E-state index < -0.39 is 48.8 Å². The summed E-state index contributed by atoms with van der Waals surface area (Å²) in [6, 6.07) is 0. The van der Waals surface area contributed by atoms with Gasteiger partial charge in [-0.2, -0.15) is 4.98 Å². The number of carbonyl (C=O) groups is 2. The van der Waals surface area contributed by atoms with Crippen LogP contribution in [-0.4, -0.2) is 56.5 Å². The number of hydrogen-bond donors (Lipinski definition) is 2. The summed E-state index contributed by atoms with van der Waals surface area (Å²) in [5.41, 5.74) is 4.53. The number of aliphatic hydroxyl groups excluding tert-OH is 1. The molecule has 0 aliphatic carbocycles. The number of rotatable bonds is 4. The van der Waals surface area contributed by atoms with E-state index in [9.17, 15) is 19.5 Å². The van der Waals surface area contributed by atoms with Gasteiger partial charge in [0.05, 0.1) is 6.61 Å². The average Bonchev–Trinajstić information content (AvgIpc) is 2.76. The van der Waals surface area contributed by atoms with Crippen molar-refractivity contribution in [2.45, 2.75) is 38.4 Å². The standard InChI is InChI=1S/C12H16N4O7/c1-5(18)21-8-7(3-17)23-10(9(8)22-6(2)19)16-4-14-11(13)15-12(16)20/h4,7-10,17H,3H2,1-2H3,(H2,13,15,20)/t7-,8?,9+,10-/m1/s1. The number of nitrogen functional groups attached to an aromatic ring is 1. The van der Waals surface area contributed by atoms with Gasteiger partial charge in [0.15, 0.2) is 18.4 Å². The minimum Gasteiger partial charge on any atom is -0.456 e. The molecule has 0 radical (unpaired) electrons. The molecule has 4 atom stereocenters. The Morgan fingerprint density at radius 1 is 1.35 bits per heavy atom. The maximum absolute atomic E-state index is 11.9. The number of carbonyl (C=O) groups excluding carboxylic acids is 2. The molecule has 2 heterocycles. The summed E-state index contributed by atoms with van der Waals surface area (Å²) >= 11 is 0. The molecule has 3 N–H and O–H groups in total. The first-order chi connectivity index (χ1) is 10.8. The molecule has 1 aliphatic heterocycles. The van der Waals surface area contributed by atoms with E-state index in [1.807, 2.05) is 0 Å². The van der Waals surface area contributed by atoms with Crippen LogP contribution in [0.25, 0.3) is 0 Å². The second-order valence-electron chi connectivity index (χ2n) is 4.80. The van der Waals surface area contributed by atoms with E-state index in [0.717, 1.165) is 24.7 Å².